The van der Waals surface area contributed by atoms with Crippen molar-refractivity contribution in [2.75, 3.05) is 0 Å². The van der Waals surface area contributed by atoms with Crippen LogP contribution in [0.2, 0.25) is 0 Å². The third-order valence-electron chi connectivity index (χ3n) is 3.13. The quantitative estimate of drug-likeness (QED) is 0.769. The molecular weight excluding hydrogens is 279 g/mol. The van der Waals surface area contributed by atoms with Gasteiger partial charge in [-0.1, -0.05) is 12.1 Å². The summed E-state index contributed by atoms with van der Waals surface area (Å²) in [4.78, 5) is 3.94. The predicted octanol–water partition coefficient (Wildman–Crippen LogP) is 4.16. The van der Waals surface area contributed by atoms with E-state index in [0.29, 0.717) is 11.3 Å². The zero-order chi connectivity index (χ0) is 14.9. The molecule has 2 aromatic heterocycles. The molecule has 0 radical (unpaired) electrons. The third-order valence-corrected chi connectivity index (χ3v) is 3.13. The van der Waals surface area contributed by atoms with Gasteiger partial charge in [-0.25, -0.2) is 0 Å². The number of rotatable bonds is 2. The summed E-state index contributed by atoms with van der Waals surface area (Å²) in [6.07, 6.45) is 0.612. The van der Waals surface area contributed by atoms with Gasteiger partial charge in [0.15, 0.2) is 0 Å². The molecule has 3 aromatic rings. The van der Waals surface area contributed by atoms with Crippen LogP contribution in [-0.2, 0) is 6.18 Å². The number of halogens is 3. The Morgan fingerprint density at radius 2 is 1.52 bits per heavy atom. The van der Waals surface area contributed by atoms with Gasteiger partial charge >= 0.3 is 6.18 Å². The normalized spacial score (nSPS) is 11.6. The highest BCUT2D eigenvalue weighted by molar-refractivity contribution is 5.80. The van der Waals surface area contributed by atoms with Gasteiger partial charge in [0, 0.05) is 23.5 Å². The molecule has 106 valence electrons. The molecule has 2 heterocycles. The van der Waals surface area contributed by atoms with E-state index in [2.05, 4.69) is 15.2 Å². The number of alkyl halides is 3. The standard InChI is InChI=1S/C15H10F3N3/c16-15(17,18)12-3-1-11(2-4-12)14-13(9-20-21-14)10-5-7-19-8-6-10/h1-9H,(H,20,21). The number of H-pyrrole nitrogens is 1. The molecule has 0 aliphatic heterocycles. The number of pyridine rings is 1. The minimum absolute atomic E-state index is 0.646. The molecule has 0 unspecified atom stereocenters. The van der Waals surface area contributed by atoms with Gasteiger partial charge in [-0.3, -0.25) is 10.1 Å². The first-order valence-electron chi connectivity index (χ1n) is 6.17. The van der Waals surface area contributed by atoms with Crippen LogP contribution in [0.1, 0.15) is 5.56 Å². The number of nitrogens with one attached hydrogen (secondary N) is 1. The van der Waals surface area contributed by atoms with E-state index in [1.807, 2.05) is 12.1 Å². The van der Waals surface area contributed by atoms with Gasteiger partial charge in [0.1, 0.15) is 0 Å². The zero-order valence-corrected chi connectivity index (χ0v) is 10.7. The average molecular weight is 289 g/mol. The Labute approximate surface area is 118 Å². The first-order valence-corrected chi connectivity index (χ1v) is 6.17. The number of hydrogen-bond donors (Lipinski definition) is 1. The fourth-order valence-corrected chi connectivity index (χ4v) is 2.08. The molecule has 3 rings (SSSR count). The highest BCUT2D eigenvalue weighted by atomic mass is 19.4. The second-order valence-electron chi connectivity index (χ2n) is 4.47. The van der Waals surface area contributed by atoms with Gasteiger partial charge in [-0.2, -0.15) is 18.3 Å². The Balaban J connectivity index is 2.01. The van der Waals surface area contributed by atoms with Gasteiger partial charge in [0.25, 0.3) is 0 Å². The first-order chi connectivity index (χ1) is 10.1. The molecule has 21 heavy (non-hydrogen) atoms. The summed E-state index contributed by atoms with van der Waals surface area (Å²) in [5.41, 5.74) is 2.37. The maximum Gasteiger partial charge on any atom is 0.416 e. The lowest BCUT2D eigenvalue weighted by atomic mass is 10.0. The van der Waals surface area contributed by atoms with Crippen molar-refractivity contribution in [3.8, 4) is 22.4 Å². The molecule has 1 aromatic carbocycles. The maximum atomic E-state index is 12.6. The zero-order valence-electron chi connectivity index (χ0n) is 10.7. The third kappa shape index (κ3) is 2.65. The van der Waals surface area contributed by atoms with E-state index in [1.165, 1.54) is 12.1 Å². The van der Waals surface area contributed by atoms with Crippen LogP contribution in [0.25, 0.3) is 22.4 Å². The van der Waals surface area contributed by atoms with Gasteiger partial charge in [-0.05, 0) is 29.8 Å². The van der Waals surface area contributed by atoms with Crippen LogP contribution >= 0.6 is 0 Å². The number of benzene rings is 1. The van der Waals surface area contributed by atoms with Crippen LogP contribution in [-0.4, -0.2) is 15.2 Å². The lowest BCUT2D eigenvalue weighted by Gasteiger charge is -2.08. The van der Waals surface area contributed by atoms with Crippen molar-refractivity contribution < 1.29 is 13.2 Å². The monoisotopic (exact) mass is 289 g/mol. The summed E-state index contributed by atoms with van der Waals surface area (Å²) in [5, 5.41) is 6.81. The summed E-state index contributed by atoms with van der Waals surface area (Å²) >= 11 is 0. The molecular formula is C15H10F3N3. The Hall–Kier alpha value is -2.63. The molecule has 0 aliphatic carbocycles. The lowest BCUT2D eigenvalue weighted by molar-refractivity contribution is -0.137. The van der Waals surface area contributed by atoms with Crippen LogP contribution in [0.5, 0.6) is 0 Å². The summed E-state index contributed by atoms with van der Waals surface area (Å²) in [5.74, 6) is 0. The Kier molecular flexibility index (Phi) is 3.21. The van der Waals surface area contributed by atoms with Crippen molar-refractivity contribution in [1.82, 2.24) is 15.2 Å². The number of aromatic nitrogens is 3. The molecule has 0 saturated heterocycles. The van der Waals surface area contributed by atoms with Gasteiger partial charge < -0.3 is 0 Å². The van der Waals surface area contributed by atoms with Crippen LogP contribution in [0, 0.1) is 0 Å². The molecule has 6 heteroatoms. The SMILES string of the molecule is FC(F)(F)c1ccc(-c2[nH]ncc2-c2ccncc2)cc1. The van der Waals surface area contributed by atoms with E-state index >= 15 is 0 Å². The summed E-state index contributed by atoms with van der Waals surface area (Å²) in [6.45, 7) is 0. The minimum atomic E-state index is -4.33. The first kappa shape index (κ1) is 13.4. The molecule has 0 fully saturated rings. The number of aromatic amines is 1. The van der Waals surface area contributed by atoms with Crippen molar-refractivity contribution in [1.29, 1.82) is 0 Å². The molecule has 0 bridgehead atoms. The lowest BCUT2D eigenvalue weighted by Crippen LogP contribution is -2.04. The Morgan fingerprint density at radius 3 is 2.14 bits per heavy atom. The van der Waals surface area contributed by atoms with Crippen molar-refractivity contribution >= 4 is 0 Å². The van der Waals surface area contributed by atoms with E-state index in [0.717, 1.165) is 23.3 Å². The summed E-state index contributed by atoms with van der Waals surface area (Å²) in [6, 6.07) is 8.62. The van der Waals surface area contributed by atoms with Crippen molar-refractivity contribution in [3.05, 3.63) is 60.6 Å². The molecule has 3 nitrogen and oxygen atoms in total. The smallest absolute Gasteiger partial charge is 0.277 e. The fraction of sp³-hybridized carbons (Fsp3) is 0.0667. The maximum absolute atomic E-state index is 12.6. The topological polar surface area (TPSA) is 41.6 Å². The summed E-state index contributed by atoms with van der Waals surface area (Å²) < 4.78 is 37.7. The second kappa shape index (κ2) is 5.05. The van der Waals surface area contributed by atoms with Gasteiger partial charge in [-0.15, -0.1) is 0 Å². The molecule has 0 spiro atoms. The van der Waals surface area contributed by atoms with Gasteiger partial charge in [0.05, 0.1) is 17.5 Å². The van der Waals surface area contributed by atoms with E-state index < -0.39 is 11.7 Å². The van der Waals surface area contributed by atoms with Crippen molar-refractivity contribution in [3.63, 3.8) is 0 Å². The van der Waals surface area contributed by atoms with Crippen molar-refractivity contribution in [2.45, 2.75) is 6.18 Å². The van der Waals surface area contributed by atoms with E-state index in [1.54, 1.807) is 18.6 Å². The van der Waals surface area contributed by atoms with Crippen LogP contribution in [0.4, 0.5) is 13.2 Å². The highest BCUT2D eigenvalue weighted by Gasteiger charge is 2.30. The van der Waals surface area contributed by atoms with Crippen LogP contribution in [0.3, 0.4) is 0 Å². The largest absolute Gasteiger partial charge is 0.416 e. The molecule has 0 atom stereocenters. The molecule has 1 N–H and O–H groups in total. The molecule has 0 aliphatic rings. The molecule has 0 saturated carbocycles. The summed E-state index contributed by atoms with van der Waals surface area (Å²) in [7, 11) is 0. The van der Waals surface area contributed by atoms with Crippen molar-refractivity contribution in [2.24, 2.45) is 0 Å². The fourth-order valence-electron chi connectivity index (χ4n) is 2.08. The minimum Gasteiger partial charge on any atom is -0.277 e. The van der Waals surface area contributed by atoms with Crippen LogP contribution in [0.15, 0.2) is 55.0 Å². The van der Waals surface area contributed by atoms with E-state index in [-0.39, 0.29) is 0 Å². The number of nitrogens with zero attached hydrogens (tertiary/aromatic N) is 2. The Morgan fingerprint density at radius 1 is 0.857 bits per heavy atom. The second-order valence-corrected chi connectivity index (χ2v) is 4.47. The van der Waals surface area contributed by atoms with E-state index in [4.69, 9.17) is 0 Å². The Bertz CT molecular complexity index is 731. The van der Waals surface area contributed by atoms with Crippen LogP contribution < -0.4 is 0 Å². The predicted molar refractivity (Wildman–Crippen MR) is 72.3 cm³/mol. The molecule has 0 amide bonds. The highest BCUT2D eigenvalue weighted by Crippen LogP contribution is 2.33. The van der Waals surface area contributed by atoms with Gasteiger partial charge in [0.2, 0.25) is 0 Å². The average Bonchev–Trinajstić information content (AvgIpc) is 2.97. The van der Waals surface area contributed by atoms with E-state index in [9.17, 15) is 13.2 Å². The number of hydrogen-bond acceptors (Lipinski definition) is 2.